The van der Waals surface area contributed by atoms with Crippen molar-refractivity contribution in [2.45, 2.75) is 53.2 Å². The van der Waals surface area contributed by atoms with Gasteiger partial charge in [-0.05, 0) is 19.8 Å². The first-order valence-corrected chi connectivity index (χ1v) is 7.01. The van der Waals surface area contributed by atoms with Crippen molar-refractivity contribution in [3.8, 4) is 0 Å². The van der Waals surface area contributed by atoms with Crippen LogP contribution in [0.5, 0.6) is 0 Å². The van der Waals surface area contributed by atoms with Crippen LogP contribution in [0.25, 0.3) is 0 Å². The molecule has 114 valence electrons. The van der Waals surface area contributed by atoms with Crippen molar-refractivity contribution in [3.63, 3.8) is 0 Å². The third-order valence-corrected chi connectivity index (χ3v) is 3.09. The second kappa shape index (κ2) is 7.84. The number of hydrogen-bond donors (Lipinski definition) is 2. The summed E-state index contributed by atoms with van der Waals surface area (Å²) in [5.41, 5.74) is 5.53. The van der Waals surface area contributed by atoms with Gasteiger partial charge in [0.1, 0.15) is 18.0 Å². The van der Waals surface area contributed by atoms with E-state index in [1.807, 2.05) is 4.68 Å². The Morgan fingerprint density at radius 3 is 2.70 bits per heavy atom. The Bertz CT molecular complexity index is 426. The first-order valence-electron chi connectivity index (χ1n) is 7.01. The van der Waals surface area contributed by atoms with Gasteiger partial charge < -0.3 is 10.9 Å². The van der Waals surface area contributed by atoms with Crippen LogP contribution >= 0.6 is 0 Å². The molecule has 1 aromatic rings. The molecular formula is C13H26N6O. The van der Waals surface area contributed by atoms with Gasteiger partial charge in [-0.3, -0.25) is 4.90 Å². The fraction of sp³-hybridized carbons (Fsp3) is 0.769. The lowest BCUT2D eigenvalue weighted by Gasteiger charge is -2.26. The van der Waals surface area contributed by atoms with Crippen LogP contribution in [0.1, 0.15) is 39.9 Å². The van der Waals surface area contributed by atoms with E-state index in [0.29, 0.717) is 24.9 Å². The lowest BCUT2D eigenvalue weighted by atomic mass is 10.2. The molecule has 20 heavy (non-hydrogen) atoms. The molecule has 1 aromatic heterocycles. The Morgan fingerprint density at radius 2 is 2.15 bits per heavy atom. The van der Waals surface area contributed by atoms with E-state index in [9.17, 15) is 0 Å². The standard InChI is InChI=1S/C13H26N6O/c1-10(2)7-19-13(15-9-16-19)8-18(11(3)4)6-5-12(14)17-20/h9-11,20H,5-8H2,1-4H3,(H2,14,17). The van der Waals surface area contributed by atoms with Crippen molar-refractivity contribution in [1.29, 1.82) is 0 Å². The maximum atomic E-state index is 8.60. The highest BCUT2D eigenvalue weighted by molar-refractivity contribution is 5.79. The minimum atomic E-state index is 0.249. The number of amidine groups is 1. The number of rotatable bonds is 8. The second-order valence-corrected chi connectivity index (χ2v) is 5.66. The zero-order chi connectivity index (χ0) is 15.1. The molecule has 0 saturated heterocycles. The van der Waals surface area contributed by atoms with Crippen LogP contribution in [-0.4, -0.2) is 43.3 Å². The zero-order valence-electron chi connectivity index (χ0n) is 12.8. The summed E-state index contributed by atoms with van der Waals surface area (Å²) in [4.78, 5) is 6.57. The van der Waals surface area contributed by atoms with Crippen LogP contribution in [-0.2, 0) is 13.1 Å². The third-order valence-electron chi connectivity index (χ3n) is 3.09. The number of nitrogens with zero attached hydrogens (tertiary/aromatic N) is 5. The predicted molar refractivity (Wildman–Crippen MR) is 78.4 cm³/mol. The lowest BCUT2D eigenvalue weighted by molar-refractivity contribution is 0.207. The van der Waals surface area contributed by atoms with Gasteiger partial charge in [-0.15, -0.1) is 0 Å². The second-order valence-electron chi connectivity index (χ2n) is 5.66. The van der Waals surface area contributed by atoms with E-state index in [0.717, 1.165) is 18.9 Å². The van der Waals surface area contributed by atoms with Gasteiger partial charge in [0, 0.05) is 25.6 Å². The van der Waals surface area contributed by atoms with Crippen LogP contribution in [0.3, 0.4) is 0 Å². The molecule has 0 unspecified atom stereocenters. The Balaban J connectivity index is 2.68. The van der Waals surface area contributed by atoms with Gasteiger partial charge in [0.05, 0.1) is 6.54 Å². The van der Waals surface area contributed by atoms with E-state index in [4.69, 9.17) is 10.9 Å². The van der Waals surface area contributed by atoms with Gasteiger partial charge in [-0.1, -0.05) is 19.0 Å². The highest BCUT2D eigenvalue weighted by Gasteiger charge is 2.15. The van der Waals surface area contributed by atoms with Gasteiger partial charge in [0.2, 0.25) is 0 Å². The Hall–Kier alpha value is -1.63. The Morgan fingerprint density at radius 1 is 1.45 bits per heavy atom. The highest BCUT2D eigenvalue weighted by atomic mass is 16.4. The predicted octanol–water partition coefficient (Wildman–Crippen LogP) is 1.28. The molecule has 0 aliphatic carbocycles. The molecule has 0 radical (unpaired) electrons. The van der Waals surface area contributed by atoms with Crippen molar-refractivity contribution in [2.24, 2.45) is 16.8 Å². The molecule has 3 N–H and O–H groups in total. The summed E-state index contributed by atoms with van der Waals surface area (Å²) in [6, 6.07) is 0.352. The van der Waals surface area contributed by atoms with E-state index >= 15 is 0 Å². The summed E-state index contributed by atoms with van der Waals surface area (Å²) in [5, 5.41) is 15.9. The molecule has 7 nitrogen and oxygen atoms in total. The van der Waals surface area contributed by atoms with Gasteiger partial charge >= 0.3 is 0 Å². The Kier molecular flexibility index (Phi) is 6.44. The number of aromatic nitrogens is 3. The molecular weight excluding hydrogens is 256 g/mol. The largest absolute Gasteiger partial charge is 0.409 e. The number of nitrogens with two attached hydrogens (primary N) is 1. The molecule has 1 rings (SSSR count). The molecule has 0 saturated carbocycles. The van der Waals surface area contributed by atoms with Crippen LogP contribution in [0.4, 0.5) is 0 Å². The molecule has 0 bridgehead atoms. The summed E-state index contributed by atoms with van der Waals surface area (Å²) >= 11 is 0. The number of oxime groups is 1. The molecule has 0 amide bonds. The minimum Gasteiger partial charge on any atom is -0.409 e. The first-order chi connectivity index (χ1) is 9.43. The third kappa shape index (κ3) is 5.16. The van der Waals surface area contributed by atoms with Crippen molar-refractivity contribution in [1.82, 2.24) is 19.7 Å². The first kappa shape index (κ1) is 16.4. The molecule has 0 atom stereocenters. The average molecular weight is 282 g/mol. The van der Waals surface area contributed by atoms with Gasteiger partial charge in [0.25, 0.3) is 0 Å². The normalized spacial score (nSPS) is 12.8. The van der Waals surface area contributed by atoms with Gasteiger partial charge in [-0.25, -0.2) is 9.67 Å². The van der Waals surface area contributed by atoms with Crippen LogP contribution in [0.2, 0.25) is 0 Å². The molecule has 0 fully saturated rings. The fourth-order valence-corrected chi connectivity index (χ4v) is 1.92. The summed E-state index contributed by atoms with van der Waals surface area (Å²) in [5.74, 6) is 1.73. The van der Waals surface area contributed by atoms with Crippen LogP contribution in [0.15, 0.2) is 11.5 Å². The summed E-state index contributed by atoms with van der Waals surface area (Å²) in [6.07, 6.45) is 2.13. The maximum Gasteiger partial charge on any atom is 0.141 e. The zero-order valence-corrected chi connectivity index (χ0v) is 12.8. The smallest absolute Gasteiger partial charge is 0.141 e. The molecule has 7 heteroatoms. The topological polar surface area (TPSA) is 92.6 Å². The maximum absolute atomic E-state index is 8.60. The van der Waals surface area contributed by atoms with E-state index < -0.39 is 0 Å². The highest BCUT2D eigenvalue weighted by Crippen LogP contribution is 2.08. The van der Waals surface area contributed by atoms with Crippen LogP contribution in [0, 0.1) is 5.92 Å². The van der Waals surface area contributed by atoms with E-state index in [-0.39, 0.29) is 5.84 Å². The van der Waals surface area contributed by atoms with Gasteiger partial charge in [0.15, 0.2) is 0 Å². The quantitative estimate of drug-likeness (QED) is 0.324. The fourth-order valence-electron chi connectivity index (χ4n) is 1.92. The molecule has 0 spiro atoms. The molecule has 0 aliphatic heterocycles. The number of hydrogen-bond acceptors (Lipinski definition) is 5. The van der Waals surface area contributed by atoms with Gasteiger partial charge in [-0.2, -0.15) is 5.10 Å². The van der Waals surface area contributed by atoms with Crippen LogP contribution < -0.4 is 5.73 Å². The van der Waals surface area contributed by atoms with Crippen molar-refractivity contribution < 1.29 is 5.21 Å². The summed E-state index contributed by atoms with van der Waals surface area (Å²) in [6.45, 7) is 10.9. The van der Waals surface area contributed by atoms with Crippen molar-refractivity contribution >= 4 is 5.84 Å². The monoisotopic (exact) mass is 282 g/mol. The molecule has 1 heterocycles. The Labute approximate surface area is 120 Å². The van der Waals surface area contributed by atoms with Crippen molar-refractivity contribution in [2.75, 3.05) is 6.54 Å². The van der Waals surface area contributed by atoms with E-state index in [2.05, 4.69) is 47.8 Å². The summed E-state index contributed by atoms with van der Waals surface area (Å²) < 4.78 is 1.95. The molecule has 0 aliphatic rings. The SMILES string of the molecule is CC(C)Cn1ncnc1CN(CCC(N)=NO)C(C)C. The van der Waals surface area contributed by atoms with Crippen molar-refractivity contribution in [3.05, 3.63) is 12.2 Å². The average Bonchev–Trinajstić information content (AvgIpc) is 2.79. The minimum absolute atomic E-state index is 0.249. The van der Waals surface area contributed by atoms with E-state index in [1.54, 1.807) is 6.33 Å². The molecule has 0 aromatic carbocycles. The van der Waals surface area contributed by atoms with E-state index in [1.165, 1.54) is 0 Å². The summed E-state index contributed by atoms with van der Waals surface area (Å²) in [7, 11) is 0. The lowest BCUT2D eigenvalue weighted by Crippen LogP contribution is -2.34.